The van der Waals surface area contributed by atoms with Gasteiger partial charge in [0.05, 0.1) is 11.0 Å². The third-order valence-electron chi connectivity index (χ3n) is 3.15. The van der Waals surface area contributed by atoms with Gasteiger partial charge in [-0.05, 0) is 31.0 Å². The quantitative estimate of drug-likeness (QED) is 0.866. The Balaban J connectivity index is 2.18. The minimum Gasteiger partial charge on any atom is -0.435 e. The van der Waals surface area contributed by atoms with E-state index >= 15 is 0 Å². The third kappa shape index (κ3) is 3.22. The molecule has 1 aliphatic heterocycles. The molecule has 1 amide bonds. The summed E-state index contributed by atoms with van der Waals surface area (Å²) in [7, 11) is 0. The van der Waals surface area contributed by atoms with Crippen LogP contribution in [0.25, 0.3) is 0 Å². The number of ether oxygens (including phenoxy) is 1. The van der Waals surface area contributed by atoms with Gasteiger partial charge in [-0.1, -0.05) is 18.3 Å². The first-order valence-corrected chi connectivity index (χ1v) is 6.55. The number of carbonyl (C=O) groups is 1. The van der Waals surface area contributed by atoms with Crippen LogP contribution in [0.2, 0.25) is 0 Å². The molecule has 2 N–H and O–H groups in total. The summed E-state index contributed by atoms with van der Waals surface area (Å²) in [6, 6.07) is 5.45. The second-order valence-corrected chi connectivity index (χ2v) is 4.94. The summed E-state index contributed by atoms with van der Waals surface area (Å²) in [6.45, 7) is -2.36. The molecule has 1 atom stereocenters. The molecule has 0 saturated carbocycles. The van der Waals surface area contributed by atoms with E-state index < -0.39 is 6.61 Å². The highest BCUT2D eigenvalue weighted by Crippen LogP contribution is 2.23. The zero-order chi connectivity index (χ0) is 14.7. The number of amides is 1. The van der Waals surface area contributed by atoms with Gasteiger partial charge in [0.2, 0.25) is 0 Å². The molecule has 1 aromatic rings. The molecular weight excluding hydrogens is 286 g/mol. The van der Waals surface area contributed by atoms with Crippen LogP contribution in [0.1, 0.15) is 23.2 Å². The van der Waals surface area contributed by atoms with Crippen LogP contribution in [-0.4, -0.2) is 35.0 Å². The maximum absolute atomic E-state index is 12.4. The first-order valence-electron chi connectivity index (χ1n) is 6.14. The van der Waals surface area contributed by atoms with Gasteiger partial charge in [0.15, 0.2) is 0 Å². The second kappa shape index (κ2) is 6.13. The van der Waals surface area contributed by atoms with E-state index in [1.807, 2.05) is 0 Å². The molecule has 4 nitrogen and oxygen atoms in total. The summed E-state index contributed by atoms with van der Waals surface area (Å²) in [5.74, 6) is -0.322. The summed E-state index contributed by atoms with van der Waals surface area (Å²) >= 11 is 4.94. The van der Waals surface area contributed by atoms with Crippen LogP contribution < -0.4 is 10.5 Å². The fourth-order valence-corrected chi connectivity index (χ4v) is 2.52. The van der Waals surface area contributed by atoms with E-state index in [-0.39, 0.29) is 28.3 Å². The summed E-state index contributed by atoms with van der Waals surface area (Å²) in [5.41, 5.74) is 5.90. The van der Waals surface area contributed by atoms with Crippen LogP contribution in [0.15, 0.2) is 24.3 Å². The number of hydrogen-bond donors (Lipinski definition) is 1. The maximum atomic E-state index is 12.4. The Kier molecular flexibility index (Phi) is 4.49. The van der Waals surface area contributed by atoms with E-state index in [2.05, 4.69) is 4.74 Å². The summed E-state index contributed by atoms with van der Waals surface area (Å²) in [5, 5.41) is 0. The molecule has 0 radical (unpaired) electrons. The molecule has 0 bridgehead atoms. The van der Waals surface area contributed by atoms with Crippen molar-refractivity contribution in [2.45, 2.75) is 25.5 Å². The Labute approximate surface area is 120 Å². The number of thiocarbonyl (C=S) groups is 1. The van der Waals surface area contributed by atoms with Gasteiger partial charge in [-0.15, -0.1) is 0 Å². The van der Waals surface area contributed by atoms with Crippen LogP contribution in [0, 0.1) is 0 Å². The number of benzene rings is 1. The van der Waals surface area contributed by atoms with Crippen molar-refractivity contribution in [2.75, 3.05) is 6.54 Å². The third-order valence-corrected chi connectivity index (χ3v) is 3.42. The number of likely N-dealkylation sites (tertiary alicyclic amines) is 1. The van der Waals surface area contributed by atoms with Gasteiger partial charge in [0.25, 0.3) is 5.91 Å². The van der Waals surface area contributed by atoms with E-state index in [1.165, 1.54) is 18.2 Å². The molecule has 0 aliphatic carbocycles. The highest BCUT2D eigenvalue weighted by Gasteiger charge is 2.31. The van der Waals surface area contributed by atoms with Crippen molar-refractivity contribution in [3.63, 3.8) is 0 Å². The van der Waals surface area contributed by atoms with Crippen LogP contribution >= 0.6 is 12.2 Å². The summed E-state index contributed by atoms with van der Waals surface area (Å²) in [6.07, 6.45) is 1.55. The molecule has 0 aromatic heterocycles. The van der Waals surface area contributed by atoms with Gasteiger partial charge in [0, 0.05) is 12.1 Å². The highest BCUT2D eigenvalue weighted by molar-refractivity contribution is 7.80. The molecular formula is C13H14F2N2O2S. The molecule has 1 aliphatic rings. The van der Waals surface area contributed by atoms with Gasteiger partial charge in [-0.2, -0.15) is 8.78 Å². The lowest BCUT2D eigenvalue weighted by Gasteiger charge is -2.23. The van der Waals surface area contributed by atoms with Gasteiger partial charge in [0.1, 0.15) is 5.75 Å². The van der Waals surface area contributed by atoms with Crippen LogP contribution in [0.5, 0.6) is 5.75 Å². The van der Waals surface area contributed by atoms with Crippen molar-refractivity contribution >= 4 is 23.1 Å². The van der Waals surface area contributed by atoms with Gasteiger partial charge >= 0.3 is 6.61 Å². The van der Waals surface area contributed by atoms with Gasteiger partial charge in [-0.3, -0.25) is 4.79 Å². The predicted molar refractivity (Wildman–Crippen MR) is 73.9 cm³/mol. The van der Waals surface area contributed by atoms with Crippen molar-refractivity contribution in [2.24, 2.45) is 5.73 Å². The van der Waals surface area contributed by atoms with E-state index in [4.69, 9.17) is 18.0 Å². The highest BCUT2D eigenvalue weighted by atomic mass is 32.1. The number of rotatable bonds is 4. The van der Waals surface area contributed by atoms with Crippen molar-refractivity contribution < 1.29 is 18.3 Å². The lowest BCUT2D eigenvalue weighted by molar-refractivity contribution is -0.0499. The summed E-state index contributed by atoms with van der Waals surface area (Å²) in [4.78, 5) is 14.2. The van der Waals surface area contributed by atoms with Gasteiger partial charge in [-0.25, -0.2) is 0 Å². The average molecular weight is 300 g/mol. The van der Waals surface area contributed by atoms with E-state index in [0.717, 1.165) is 12.8 Å². The predicted octanol–water partition coefficient (Wildman–Crippen LogP) is 2.18. The molecule has 7 heteroatoms. The van der Waals surface area contributed by atoms with E-state index in [9.17, 15) is 13.6 Å². The fourth-order valence-electron chi connectivity index (χ4n) is 2.28. The minimum atomic E-state index is -2.92. The Morgan fingerprint density at radius 3 is 2.90 bits per heavy atom. The van der Waals surface area contributed by atoms with Crippen molar-refractivity contribution in [3.8, 4) is 5.75 Å². The number of hydrogen-bond acceptors (Lipinski definition) is 3. The maximum Gasteiger partial charge on any atom is 0.387 e. The molecule has 1 aromatic carbocycles. The first kappa shape index (κ1) is 14.6. The smallest absolute Gasteiger partial charge is 0.387 e. The lowest BCUT2D eigenvalue weighted by Crippen LogP contribution is -2.42. The van der Waals surface area contributed by atoms with Crippen LogP contribution in [0.4, 0.5) is 8.78 Å². The second-order valence-electron chi connectivity index (χ2n) is 4.47. The number of carbonyl (C=O) groups excluding carboxylic acids is 1. The summed E-state index contributed by atoms with van der Waals surface area (Å²) < 4.78 is 28.6. The Morgan fingerprint density at radius 1 is 1.50 bits per heavy atom. The monoisotopic (exact) mass is 300 g/mol. The topological polar surface area (TPSA) is 55.6 Å². The molecule has 1 fully saturated rings. The zero-order valence-electron chi connectivity index (χ0n) is 10.6. The molecule has 1 heterocycles. The van der Waals surface area contributed by atoms with Crippen molar-refractivity contribution in [1.82, 2.24) is 4.90 Å². The normalized spacial score (nSPS) is 18.4. The average Bonchev–Trinajstić information content (AvgIpc) is 2.86. The van der Waals surface area contributed by atoms with Gasteiger partial charge < -0.3 is 15.4 Å². The molecule has 0 spiro atoms. The Hall–Kier alpha value is -1.76. The minimum absolute atomic E-state index is 0.0445. The first-order chi connectivity index (χ1) is 9.49. The van der Waals surface area contributed by atoms with Crippen LogP contribution in [0.3, 0.4) is 0 Å². The number of nitrogens with two attached hydrogens (primary N) is 1. The lowest BCUT2D eigenvalue weighted by atomic mass is 10.1. The van der Waals surface area contributed by atoms with E-state index in [1.54, 1.807) is 11.0 Å². The Bertz CT molecular complexity index is 525. The largest absolute Gasteiger partial charge is 0.435 e. The molecule has 108 valence electrons. The SMILES string of the molecule is NC(=S)C1CCCN1C(=O)c1cccc(OC(F)F)c1. The molecule has 1 saturated heterocycles. The van der Waals surface area contributed by atoms with E-state index in [0.29, 0.717) is 6.54 Å². The Morgan fingerprint density at radius 2 is 2.25 bits per heavy atom. The fraction of sp³-hybridized carbons (Fsp3) is 0.385. The van der Waals surface area contributed by atoms with Crippen LogP contribution in [-0.2, 0) is 0 Å². The van der Waals surface area contributed by atoms with Crippen molar-refractivity contribution in [3.05, 3.63) is 29.8 Å². The molecule has 1 unspecified atom stereocenters. The zero-order valence-corrected chi connectivity index (χ0v) is 11.4. The number of halogens is 2. The van der Waals surface area contributed by atoms with Crippen molar-refractivity contribution in [1.29, 1.82) is 0 Å². The molecule has 20 heavy (non-hydrogen) atoms. The number of nitrogens with zero attached hydrogens (tertiary/aromatic N) is 1. The molecule has 2 rings (SSSR count). The standard InChI is InChI=1S/C13H14F2N2O2S/c14-13(15)19-9-4-1-3-8(7-9)12(18)17-6-2-5-10(17)11(16)20/h1,3-4,7,10,13H,2,5-6H2,(H2,16,20). The number of alkyl halides is 2.